The van der Waals surface area contributed by atoms with Crippen LogP contribution in [0.25, 0.3) is 0 Å². The lowest BCUT2D eigenvalue weighted by atomic mass is 10.1. The molecule has 0 aromatic heterocycles. The van der Waals surface area contributed by atoms with Crippen LogP contribution in [-0.4, -0.2) is 37.2 Å². The Labute approximate surface area is 116 Å². The van der Waals surface area contributed by atoms with Crippen LogP contribution < -0.4 is 14.8 Å². The Morgan fingerprint density at radius 3 is 2.35 bits per heavy atom. The van der Waals surface area contributed by atoms with Crippen molar-refractivity contribution >= 4 is 11.9 Å². The first-order valence-electron chi connectivity index (χ1n) is 6.37. The van der Waals surface area contributed by atoms with E-state index >= 15 is 0 Å². The summed E-state index contributed by atoms with van der Waals surface area (Å²) in [5.41, 5.74) is -1.19. The van der Waals surface area contributed by atoms with Crippen LogP contribution in [0, 0.1) is 5.41 Å². The van der Waals surface area contributed by atoms with Crippen molar-refractivity contribution in [2.75, 3.05) is 20.3 Å². The normalized spacial score (nSPS) is 15.2. The molecular weight excluding hydrogens is 262 g/mol. The number of rotatable bonds is 7. The highest BCUT2D eigenvalue weighted by atomic mass is 16.5. The number of carbonyl (C=O) groups is 2. The number of methoxy groups -OCH3 is 1. The fourth-order valence-corrected chi connectivity index (χ4v) is 1.84. The van der Waals surface area contributed by atoms with Crippen molar-refractivity contribution < 1.29 is 24.2 Å². The average Bonchev–Trinajstić information content (AvgIpc) is 3.25. The molecule has 6 heteroatoms. The standard InChI is InChI=1S/C14H17NO5/c1-19-10-2-4-11(5-3-10)20-9-8-15-12(16)14(6-7-14)13(17)18/h2-5H,6-9H2,1H3,(H,15,16)(H,17,18). The van der Waals surface area contributed by atoms with Gasteiger partial charge in [0.05, 0.1) is 13.7 Å². The second kappa shape index (κ2) is 5.81. The van der Waals surface area contributed by atoms with Crippen molar-refractivity contribution in [3.05, 3.63) is 24.3 Å². The number of carbonyl (C=O) groups excluding carboxylic acids is 1. The van der Waals surface area contributed by atoms with E-state index in [1.54, 1.807) is 31.4 Å². The Kier molecular flexibility index (Phi) is 4.12. The Balaban J connectivity index is 1.71. The molecule has 0 saturated heterocycles. The van der Waals surface area contributed by atoms with Gasteiger partial charge in [0.2, 0.25) is 5.91 Å². The van der Waals surface area contributed by atoms with E-state index in [2.05, 4.69) is 5.32 Å². The Bertz CT molecular complexity index is 493. The molecule has 1 aliphatic rings. The third-order valence-electron chi connectivity index (χ3n) is 3.31. The van der Waals surface area contributed by atoms with Crippen LogP contribution in [-0.2, 0) is 9.59 Å². The van der Waals surface area contributed by atoms with E-state index in [0.29, 0.717) is 18.6 Å². The van der Waals surface area contributed by atoms with Crippen molar-refractivity contribution in [1.29, 1.82) is 0 Å². The number of nitrogens with one attached hydrogen (secondary N) is 1. The summed E-state index contributed by atoms with van der Waals surface area (Å²) in [5.74, 6) is -0.0726. The fraction of sp³-hybridized carbons (Fsp3) is 0.429. The molecule has 1 aromatic carbocycles. The molecule has 6 nitrogen and oxygen atoms in total. The third-order valence-corrected chi connectivity index (χ3v) is 3.31. The van der Waals surface area contributed by atoms with Crippen LogP contribution in [0.4, 0.5) is 0 Å². The summed E-state index contributed by atoms with van der Waals surface area (Å²) in [6, 6.07) is 7.08. The number of hydrogen-bond donors (Lipinski definition) is 2. The first kappa shape index (κ1) is 14.2. The molecule has 0 aliphatic heterocycles. The Morgan fingerprint density at radius 1 is 1.25 bits per heavy atom. The van der Waals surface area contributed by atoms with E-state index in [-0.39, 0.29) is 13.2 Å². The maximum Gasteiger partial charge on any atom is 0.319 e. The van der Waals surface area contributed by atoms with E-state index in [4.69, 9.17) is 14.6 Å². The summed E-state index contributed by atoms with van der Waals surface area (Å²) >= 11 is 0. The van der Waals surface area contributed by atoms with E-state index in [9.17, 15) is 9.59 Å². The van der Waals surface area contributed by atoms with Gasteiger partial charge in [0.15, 0.2) is 0 Å². The number of carboxylic acid groups (broad SMARTS) is 1. The molecule has 1 saturated carbocycles. The highest BCUT2D eigenvalue weighted by Crippen LogP contribution is 2.45. The van der Waals surface area contributed by atoms with Gasteiger partial charge >= 0.3 is 5.97 Å². The van der Waals surface area contributed by atoms with Gasteiger partial charge in [-0.25, -0.2) is 0 Å². The first-order valence-corrected chi connectivity index (χ1v) is 6.37. The van der Waals surface area contributed by atoms with Crippen LogP contribution in [0.5, 0.6) is 11.5 Å². The molecule has 20 heavy (non-hydrogen) atoms. The van der Waals surface area contributed by atoms with Gasteiger partial charge < -0.3 is 19.9 Å². The number of carboxylic acids is 1. The molecule has 1 aliphatic carbocycles. The summed E-state index contributed by atoms with van der Waals surface area (Å²) in [6.07, 6.45) is 0.820. The number of aliphatic carboxylic acids is 1. The maximum atomic E-state index is 11.7. The zero-order valence-corrected chi connectivity index (χ0v) is 11.2. The molecule has 1 fully saturated rings. The number of hydrogen-bond acceptors (Lipinski definition) is 4. The molecule has 2 N–H and O–H groups in total. The summed E-state index contributed by atoms with van der Waals surface area (Å²) in [4.78, 5) is 22.6. The topological polar surface area (TPSA) is 84.9 Å². The summed E-state index contributed by atoms with van der Waals surface area (Å²) in [6.45, 7) is 0.563. The van der Waals surface area contributed by atoms with Gasteiger partial charge in [0, 0.05) is 0 Å². The minimum atomic E-state index is -1.19. The minimum Gasteiger partial charge on any atom is -0.497 e. The minimum absolute atomic E-state index is 0.278. The molecule has 1 aromatic rings. The predicted molar refractivity (Wildman–Crippen MR) is 70.8 cm³/mol. The van der Waals surface area contributed by atoms with Gasteiger partial charge in [0.1, 0.15) is 23.5 Å². The number of benzene rings is 1. The molecule has 2 rings (SSSR count). The first-order chi connectivity index (χ1) is 9.58. The lowest BCUT2D eigenvalue weighted by molar-refractivity contribution is -0.149. The van der Waals surface area contributed by atoms with E-state index in [1.165, 1.54) is 0 Å². The van der Waals surface area contributed by atoms with Crippen molar-refractivity contribution in [2.24, 2.45) is 5.41 Å². The Morgan fingerprint density at radius 2 is 1.85 bits per heavy atom. The Hall–Kier alpha value is -2.24. The highest BCUT2D eigenvalue weighted by molar-refractivity contribution is 6.04. The van der Waals surface area contributed by atoms with Crippen molar-refractivity contribution in [2.45, 2.75) is 12.8 Å². The monoisotopic (exact) mass is 279 g/mol. The highest BCUT2D eigenvalue weighted by Gasteiger charge is 2.56. The molecule has 0 atom stereocenters. The zero-order valence-electron chi connectivity index (χ0n) is 11.2. The SMILES string of the molecule is COc1ccc(OCCNC(=O)C2(C(=O)O)CC2)cc1. The van der Waals surface area contributed by atoms with E-state index in [1.807, 2.05) is 0 Å². The van der Waals surface area contributed by atoms with Crippen LogP contribution in [0.1, 0.15) is 12.8 Å². The molecule has 1 amide bonds. The molecule has 0 heterocycles. The van der Waals surface area contributed by atoms with Gasteiger partial charge in [-0.3, -0.25) is 9.59 Å². The van der Waals surface area contributed by atoms with E-state index in [0.717, 1.165) is 5.75 Å². The van der Waals surface area contributed by atoms with Gasteiger partial charge in [-0.05, 0) is 37.1 Å². The summed E-state index contributed by atoms with van der Waals surface area (Å²) in [5, 5.41) is 11.5. The van der Waals surface area contributed by atoms with Gasteiger partial charge in [-0.1, -0.05) is 0 Å². The largest absolute Gasteiger partial charge is 0.497 e. The predicted octanol–water partition coefficient (Wildman–Crippen LogP) is 1.05. The fourth-order valence-electron chi connectivity index (χ4n) is 1.84. The quantitative estimate of drug-likeness (QED) is 0.576. The third kappa shape index (κ3) is 3.01. The van der Waals surface area contributed by atoms with Crippen LogP contribution >= 0.6 is 0 Å². The van der Waals surface area contributed by atoms with Crippen LogP contribution in [0.3, 0.4) is 0 Å². The number of ether oxygens (including phenoxy) is 2. The summed E-state index contributed by atoms with van der Waals surface area (Å²) < 4.78 is 10.5. The second-order valence-electron chi connectivity index (χ2n) is 4.67. The van der Waals surface area contributed by atoms with Crippen molar-refractivity contribution in [3.8, 4) is 11.5 Å². The zero-order chi connectivity index (χ0) is 14.6. The lowest BCUT2D eigenvalue weighted by Crippen LogP contribution is -2.38. The van der Waals surface area contributed by atoms with Crippen molar-refractivity contribution in [1.82, 2.24) is 5.32 Å². The molecule has 108 valence electrons. The molecule has 0 radical (unpaired) electrons. The summed E-state index contributed by atoms with van der Waals surface area (Å²) in [7, 11) is 1.58. The van der Waals surface area contributed by atoms with Crippen molar-refractivity contribution in [3.63, 3.8) is 0 Å². The van der Waals surface area contributed by atoms with Gasteiger partial charge in [0.25, 0.3) is 0 Å². The van der Waals surface area contributed by atoms with Crippen LogP contribution in [0.15, 0.2) is 24.3 Å². The molecule has 0 unspecified atom stereocenters. The average molecular weight is 279 g/mol. The van der Waals surface area contributed by atoms with Gasteiger partial charge in [-0.15, -0.1) is 0 Å². The van der Waals surface area contributed by atoms with Gasteiger partial charge in [-0.2, -0.15) is 0 Å². The number of amides is 1. The molecular formula is C14H17NO5. The molecule has 0 spiro atoms. The smallest absolute Gasteiger partial charge is 0.319 e. The van der Waals surface area contributed by atoms with E-state index < -0.39 is 17.3 Å². The van der Waals surface area contributed by atoms with Crippen LogP contribution in [0.2, 0.25) is 0 Å². The maximum absolute atomic E-state index is 11.7. The lowest BCUT2D eigenvalue weighted by Gasteiger charge is -2.11. The second-order valence-corrected chi connectivity index (χ2v) is 4.67. The molecule has 0 bridgehead atoms.